The molecule has 106 valence electrons. The van der Waals surface area contributed by atoms with E-state index in [1.807, 2.05) is 16.8 Å². The molecule has 1 amide bonds. The lowest BCUT2D eigenvalue weighted by Crippen LogP contribution is -2.30. The van der Waals surface area contributed by atoms with Crippen molar-refractivity contribution in [1.29, 1.82) is 0 Å². The molecular weight excluding hydrogens is 250 g/mol. The summed E-state index contributed by atoms with van der Waals surface area (Å²) in [5, 5.41) is 8.90. The Balaban J connectivity index is 1.92. The highest BCUT2D eigenvalue weighted by molar-refractivity contribution is 5.84. The minimum Gasteiger partial charge on any atom is -0.356 e. The number of aryl methyl sites for hydroxylation is 1. The van der Waals surface area contributed by atoms with E-state index < -0.39 is 0 Å². The van der Waals surface area contributed by atoms with Crippen molar-refractivity contribution in [1.82, 2.24) is 15.1 Å². The Morgan fingerprint density at radius 2 is 2.20 bits per heavy atom. The zero-order chi connectivity index (χ0) is 13.9. The molecule has 0 aliphatic carbocycles. The van der Waals surface area contributed by atoms with Crippen LogP contribution >= 0.6 is 0 Å². The number of aromatic nitrogens is 2. The maximum absolute atomic E-state index is 12.1. The Kier molecular flexibility index (Phi) is 3.72. The maximum atomic E-state index is 12.1. The summed E-state index contributed by atoms with van der Waals surface area (Å²) in [4.78, 5) is 12.1. The molecule has 1 aromatic carbocycles. The minimum absolute atomic E-state index is 0.0705. The number of hydrogen-bond acceptors (Lipinski definition) is 2. The van der Waals surface area contributed by atoms with Crippen molar-refractivity contribution in [3.8, 4) is 0 Å². The second-order valence-electron chi connectivity index (χ2n) is 5.47. The molecular formula is C16H21N3O. The molecule has 1 atom stereocenters. The highest BCUT2D eigenvalue weighted by atomic mass is 16.1. The number of fused-ring (bicyclic) bond motifs is 1. The van der Waals surface area contributed by atoms with E-state index in [4.69, 9.17) is 5.10 Å². The van der Waals surface area contributed by atoms with Crippen molar-refractivity contribution >= 4 is 16.8 Å². The van der Waals surface area contributed by atoms with E-state index in [9.17, 15) is 4.79 Å². The third-order valence-electron chi connectivity index (χ3n) is 4.12. The first-order valence-corrected chi connectivity index (χ1v) is 7.51. The smallest absolute Gasteiger partial charge is 0.223 e. The van der Waals surface area contributed by atoms with Crippen LogP contribution in [0.25, 0.3) is 10.9 Å². The largest absolute Gasteiger partial charge is 0.356 e. The topological polar surface area (TPSA) is 46.9 Å². The summed E-state index contributed by atoms with van der Waals surface area (Å²) in [6.45, 7) is 3.78. The molecule has 3 rings (SSSR count). The standard InChI is InChI=1S/C16H21N3O/c1-2-19-15-9-4-3-8-13(15)14(18-19)11-12-7-5-6-10-17-16(12)20/h3-4,8-9,12H,2,5-7,10-11H2,1H3,(H,17,20). The van der Waals surface area contributed by atoms with Crippen LogP contribution in [-0.2, 0) is 17.8 Å². The first-order chi connectivity index (χ1) is 9.79. The summed E-state index contributed by atoms with van der Waals surface area (Å²) < 4.78 is 2.03. The fourth-order valence-corrected chi connectivity index (χ4v) is 3.02. The first kappa shape index (κ1) is 13.2. The number of benzene rings is 1. The van der Waals surface area contributed by atoms with Gasteiger partial charge in [0.2, 0.25) is 5.91 Å². The molecule has 1 unspecified atom stereocenters. The fraction of sp³-hybridized carbons (Fsp3) is 0.500. The lowest BCUT2D eigenvalue weighted by Gasteiger charge is -2.11. The zero-order valence-electron chi connectivity index (χ0n) is 11.9. The molecule has 0 radical (unpaired) electrons. The number of carbonyl (C=O) groups excluding carboxylic acids is 1. The summed E-state index contributed by atoms with van der Waals surface area (Å²) in [5.41, 5.74) is 2.23. The van der Waals surface area contributed by atoms with Gasteiger partial charge in [-0.1, -0.05) is 24.6 Å². The molecule has 0 spiro atoms. The molecule has 2 aromatic rings. The van der Waals surface area contributed by atoms with Crippen molar-refractivity contribution < 1.29 is 4.79 Å². The predicted octanol–water partition coefficient (Wildman–Crippen LogP) is 2.52. The number of rotatable bonds is 3. The van der Waals surface area contributed by atoms with Gasteiger partial charge in [0.15, 0.2) is 0 Å². The third kappa shape index (κ3) is 2.42. The molecule has 2 heterocycles. The third-order valence-corrected chi connectivity index (χ3v) is 4.12. The molecule has 20 heavy (non-hydrogen) atoms. The minimum atomic E-state index is 0.0705. The average molecular weight is 271 g/mol. The molecule has 1 N–H and O–H groups in total. The number of para-hydroxylation sites is 1. The van der Waals surface area contributed by atoms with Crippen molar-refractivity contribution in [3.05, 3.63) is 30.0 Å². The molecule has 1 aromatic heterocycles. The van der Waals surface area contributed by atoms with Gasteiger partial charge in [0.25, 0.3) is 0 Å². The summed E-state index contributed by atoms with van der Waals surface area (Å²) >= 11 is 0. The second kappa shape index (κ2) is 5.65. The molecule has 1 aliphatic heterocycles. The molecule has 0 saturated carbocycles. The lowest BCUT2D eigenvalue weighted by atomic mass is 9.96. The van der Waals surface area contributed by atoms with Crippen LogP contribution in [-0.4, -0.2) is 22.2 Å². The van der Waals surface area contributed by atoms with Gasteiger partial charge in [0.05, 0.1) is 11.2 Å². The maximum Gasteiger partial charge on any atom is 0.223 e. The number of nitrogens with one attached hydrogen (secondary N) is 1. The van der Waals surface area contributed by atoms with Crippen LogP contribution < -0.4 is 5.32 Å². The van der Waals surface area contributed by atoms with E-state index in [2.05, 4.69) is 24.4 Å². The van der Waals surface area contributed by atoms with Crippen LogP contribution in [0.15, 0.2) is 24.3 Å². The quantitative estimate of drug-likeness (QED) is 0.932. The molecule has 4 nitrogen and oxygen atoms in total. The van der Waals surface area contributed by atoms with Crippen molar-refractivity contribution in [3.63, 3.8) is 0 Å². The highest BCUT2D eigenvalue weighted by Gasteiger charge is 2.23. The van der Waals surface area contributed by atoms with E-state index in [0.717, 1.165) is 44.5 Å². The van der Waals surface area contributed by atoms with Crippen molar-refractivity contribution in [2.45, 2.75) is 39.2 Å². The van der Waals surface area contributed by atoms with Gasteiger partial charge >= 0.3 is 0 Å². The second-order valence-corrected chi connectivity index (χ2v) is 5.47. The Morgan fingerprint density at radius 3 is 3.05 bits per heavy atom. The van der Waals surface area contributed by atoms with Gasteiger partial charge in [-0.15, -0.1) is 0 Å². The Labute approximate surface area is 119 Å². The van der Waals surface area contributed by atoms with Gasteiger partial charge in [-0.05, 0) is 25.8 Å². The first-order valence-electron chi connectivity index (χ1n) is 7.51. The summed E-state index contributed by atoms with van der Waals surface area (Å²) in [7, 11) is 0. The summed E-state index contributed by atoms with van der Waals surface area (Å²) in [6.07, 6.45) is 3.93. The van der Waals surface area contributed by atoms with E-state index in [-0.39, 0.29) is 11.8 Å². The Bertz CT molecular complexity index is 617. The van der Waals surface area contributed by atoms with E-state index in [1.54, 1.807) is 0 Å². The van der Waals surface area contributed by atoms with Crippen molar-refractivity contribution in [2.24, 2.45) is 5.92 Å². The van der Waals surface area contributed by atoms with Crippen molar-refractivity contribution in [2.75, 3.05) is 6.54 Å². The molecule has 1 aliphatic rings. The molecule has 1 saturated heterocycles. The summed E-state index contributed by atoms with van der Waals surface area (Å²) in [5.74, 6) is 0.263. The van der Waals surface area contributed by atoms with E-state index in [1.165, 1.54) is 10.9 Å². The fourth-order valence-electron chi connectivity index (χ4n) is 3.02. The number of nitrogens with zero attached hydrogens (tertiary/aromatic N) is 2. The van der Waals surface area contributed by atoms with Crippen LogP contribution in [0.1, 0.15) is 31.9 Å². The lowest BCUT2D eigenvalue weighted by molar-refractivity contribution is -0.124. The normalized spacial score (nSPS) is 19.9. The van der Waals surface area contributed by atoms with Crippen LogP contribution in [0.5, 0.6) is 0 Å². The molecule has 4 heteroatoms. The SMILES string of the molecule is CCn1nc(CC2CCCCNC2=O)c2ccccc21. The van der Waals surface area contributed by atoms with Gasteiger partial charge in [0.1, 0.15) is 0 Å². The van der Waals surface area contributed by atoms with Crippen LogP contribution in [0.2, 0.25) is 0 Å². The van der Waals surface area contributed by atoms with Gasteiger partial charge in [0, 0.05) is 30.8 Å². The van der Waals surface area contributed by atoms with Crippen LogP contribution in [0, 0.1) is 5.92 Å². The van der Waals surface area contributed by atoms with Crippen LogP contribution in [0.4, 0.5) is 0 Å². The molecule has 1 fully saturated rings. The average Bonchev–Trinajstić information content (AvgIpc) is 2.70. The van der Waals surface area contributed by atoms with E-state index >= 15 is 0 Å². The van der Waals surface area contributed by atoms with Gasteiger partial charge in [-0.3, -0.25) is 9.48 Å². The van der Waals surface area contributed by atoms with Gasteiger partial charge < -0.3 is 5.32 Å². The molecule has 0 bridgehead atoms. The summed E-state index contributed by atoms with van der Waals surface area (Å²) in [6, 6.07) is 8.29. The number of hydrogen-bond donors (Lipinski definition) is 1. The van der Waals surface area contributed by atoms with E-state index in [0.29, 0.717) is 0 Å². The monoisotopic (exact) mass is 271 g/mol. The van der Waals surface area contributed by atoms with Gasteiger partial charge in [-0.25, -0.2) is 0 Å². The van der Waals surface area contributed by atoms with Crippen LogP contribution in [0.3, 0.4) is 0 Å². The Hall–Kier alpha value is -1.84. The van der Waals surface area contributed by atoms with Gasteiger partial charge in [-0.2, -0.15) is 5.10 Å². The number of carbonyl (C=O) groups is 1. The number of amides is 1. The zero-order valence-corrected chi connectivity index (χ0v) is 11.9. The Morgan fingerprint density at radius 1 is 1.35 bits per heavy atom. The predicted molar refractivity (Wildman–Crippen MR) is 79.5 cm³/mol. The highest BCUT2D eigenvalue weighted by Crippen LogP contribution is 2.24.